The summed E-state index contributed by atoms with van der Waals surface area (Å²) in [6, 6.07) is 13.7. The van der Waals surface area contributed by atoms with Crippen molar-refractivity contribution in [3.05, 3.63) is 60.2 Å². The summed E-state index contributed by atoms with van der Waals surface area (Å²) in [5.74, 6) is -1.74. The molecule has 6 amide bonds. The van der Waals surface area contributed by atoms with Gasteiger partial charge in [-0.05, 0) is 67.3 Å². The molecule has 248 valence electrons. The van der Waals surface area contributed by atoms with Crippen LogP contribution in [-0.4, -0.2) is 62.4 Å². The number of rotatable bonds is 13. The minimum absolute atomic E-state index is 0.00476. The van der Waals surface area contributed by atoms with Crippen LogP contribution < -0.4 is 16.0 Å². The number of carbonyl (C=O) groups excluding carboxylic acids is 4. The van der Waals surface area contributed by atoms with Gasteiger partial charge < -0.3 is 26.0 Å². The fourth-order valence-electron chi connectivity index (χ4n) is 6.59. The normalized spacial score (nSPS) is 17.3. The molecule has 1 unspecified atom stereocenters. The summed E-state index contributed by atoms with van der Waals surface area (Å²) in [5.41, 5.74) is 0.972. The van der Waals surface area contributed by atoms with Crippen molar-refractivity contribution in [2.75, 3.05) is 10.6 Å². The van der Waals surface area contributed by atoms with Gasteiger partial charge in [0.25, 0.3) is 5.91 Å². The number of urea groups is 2. The molecule has 2 atom stereocenters. The Hall–Kier alpha value is -4.41. The van der Waals surface area contributed by atoms with Gasteiger partial charge in [0.05, 0.1) is 6.42 Å². The monoisotopic (exact) mass is 633 g/mol. The molecule has 1 aliphatic heterocycles. The highest BCUT2D eigenvalue weighted by Crippen LogP contribution is 2.42. The van der Waals surface area contributed by atoms with Crippen molar-refractivity contribution in [1.29, 1.82) is 0 Å². The fourth-order valence-corrected chi connectivity index (χ4v) is 6.59. The van der Waals surface area contributed by atoms with Crippen LogP contribution in [0, 0.1) is 11.8 Å². The van der Waals surface area contributed by atoms with Crippen molar-refractivity contribution < 1.29 is 29.1 Å². The van der Waals surface area contributed by atoms with Gasteiger partial charge in [-0.1, -0.05) is 77.3 Å². The fraction of sp³-hybridized carbons (Fsp3) is 0.514. The second-order valence-corrected chi connectivity index (χ2v) is 13.4. The van der Waals surface area contributed by atoms with Crippen LogP contribution >= 0.6 is 0 Å². The molecule has 1 saturated carbocycles. The number of hydrogen-bond acceptors (Lipinski definition) is 5. The number of aliphatic carboxylic acids is 1. The maximum Gasteiger partial charge on any atom is 0.328 e. The Kier molecular flexibility index (Phi) is 11.4. The van der Waals surface area contributed by atoms with Crippen LogP contribution in [0.2, 0.25) is 0 Å². The molecule has 2 fully saturated rings. The first-order valence-electron chi connectivity index (χ1n) is 16.3. The van der Waals surface area contributed by atoms with E-state index in [1.165, 1.54) is 0 Å². The highest BCUT2D eigenvalue weighted by molar-refractivity contribution is 6.10. The summed E-state index contributed by atoms with van der Waals surface area (Å²) in [7, 11) is 0. The van der Waals surface area contributed by atoms with E-state index in [1.54, 1.807) is 29.2 Å². The molecule has 0 aromatic heterocycles. The summed E-state index contributed by atoms with van der Waals surface area (Å²) < 4.78 is 0. The lowest BCUT2D eigenvalue weighted by Crippen LogP contribution is -2.54. The molecule has 11 heteroatoms. The molecule has 0 radical (unpaired) electrons. The molecule has 46 heavy (non-hydrogen) atoms. The molecule has 1 heterocycles. The third-order valence-electron chi connectivity index (χ3n) is 8.67. The number of benzene rings is 2. The molecule has 1 spiro atoms. The number of nitrogens with zero attached hydrogens (tertiary/aromatic N) is 2. The Morgan fingerprint density at radius 1 is 0.826 bits per heavy atom. The van der Waals surface area contributed by atoms with E-state index >= 15 is 0 Å². The first-order valence-corrected chi connectivity index (χ1v) is 16.3. The number of para-hydroxylation sites is 1. The van der Waals surface area contributed by atoms with Gasteiger partial charge in [0.2, 0.25) is 5.91 Å². The van der Waals surface area contributed by atoms with Crippen LogP contribution in [0.25, 0.3) is 0 Å². The molecule has 4 N–H and O–H groups in total. The van der Waals surface area contributed by atoms with E-state index in [2.05, 4.69) is 16.0 Å². The Bertz CT molecular complexity index is 1390. The third-order valence-corrected chi connectivity index (χ3v) is 8.67. The average molecular weight is 634 g/mol. The Morgan fingerprint density at radius 2 is 1.41 bits per heavy atom. The lowest BCUT2D eigenvalue weighted by molar-refractivity contribution is -0.142. The van der Waals surface area contributed by atoms with Crippen molar-refractivity contribution in [2.45, 2.75) is 103 Å². The topological polar surface area (TPSA) is 148 Å². The number of carboxylic acids is 1. The zero-order valence-corrected chi connectivity index (χ0v) is 27.3. The summed E-state index contributed by atoms with van der Waals surface area (Å²) in [4.78, 5) is 69.1. The van der Waals surface area contributed by atoms with Gasteiger partial charge >= 0.3 is 18.0 Å². The zero-order valence-electron chi connectivity index (χ0n) is 27.3. The predicted molar refractivity (Wildman–Crippen MR) is 176 cm³/mol. The number of amides is 6. The number of imide groups is 1. The van der Waals surface area contributed by atoms with Crippen molar-refractivity contribution in [3.8, 4) is 0 Å². The molecule has 2 aliphatic rings. The first kappa shape index (κ1) is 34.5. The van der Waals surface area contributed by atoms with Gasteiger partial charge in [-0.25, -0.2) is 14.5 Å². The Morgan fingerprint density at radius 3 is 1.98 bits per heavy atom. The number of hydrogen-bond donors (Lipinski definition) is 4. The Labute approximate surface area is 271 Å². The van der Waals surface area contributed by atoms with Crippen molar-refractivity contribution in [1.82, 2.24) is 15.1 Å². The number of carbonyl (C=O) groups is 5. The highest BCUT2D eigenvalue weighted by atomic mass is 16.4. The van der Waals surface area contributed by atoms with E-state index in [0.717, 1.165) is 29.7 Å². The highest BCUT2D eigenvalue weighted by Gasteiger charge is 2.59. The lowest BCUT2D eigenvalue weighted by Gasteiger charge is -2.38. The van der Waals surface area contributed by atoms with Crippen LogP contribution in [0.3, 0.4) is 0 Å². The summed E-state index contributed by atoms with van der Waals surface area (Å²) in [6.45, 7) is 7.93. The lowest BCUT2D eigenvalue weighted by atomic mass is 9.80. The van der Waals surface area contributed by atoms with E-state index < -0.39 is 35.5 Å². The predicted octanol–water partition coefficient (Wildman–Crippen LogP) is 6.22. The first-order chi connectivity index (χ1) is 21.9. The minimum atomic E-state index is -1.05. The number of anilines is 2. The smallest absolute Gasteiger partial charge is 0.328 e. The largest absolute Gasteiger partial charge is 0.481 e. The molecule has 0 bridgehead atoms. The van der Waals surface area contributed by atoms with Gasteiger partial charge in [0.15, 0.2) is 0 Å². The second kappa shape index (κ2) is 15.2. The van der Waals surface area contributed by atoms with Gasteiger partial charge in [0, 0.05) is 24.0 Å². The van der Waals surface area contributed by atoms with E-state index in [4.69, 9.17) is 0 Å². The SMILES string of the molecule is CC(C)CC(CC(=O)O)NC(=O)[C@H](CC(C)C)N1C(=O)N(Cc2ccc(NC(=O)Nc3ccccc3)cc2)C2(CCCCC2)C1=O. The molecular weight excluding hydrogens is 586 g/mol. The Balaban J connectivity index is 1.55. The summed E-state index contributed by atoms with van der Waals surface area (Å²) in [6.07, 6.45) is 4.05. The average Bonchev–Trinajstić information content (AvgIpc) is 3.17. The molecule has 4 rings (SSSR count). The second-order valence-electron chi connectivity index (χ2n) is 13.4. The van der Waals surface area contributed by atoms with Crippen LogP contribution in [0.5, 0.6) is 0 Å². The summed E-state index contributed by atoms with van der Waals surface area (Å²) >= 11 is 0. The van der Waals surface area contributed by atoms with Crippen LogP contribution in [0.15, 0.2) is 54.6 Å². The molecule has 1 aliphatic carbocycles. The molecule has 11 nitrogen and oxygen atoms in total. The molecule has 2 aromatic carbocycles. The van der Waals surface area contributed by atoms with E-state index in [9.17, 15) is 29.1 Å². The van der Waals surface area contributed by atoms with Crippen LogP contribution in [0.1, 0.15) is 84.6 Å². The van der Waals surface area contributed by atoms with E-state index in [0.29, 0.717) is 30.6 Å². The summed E-state index contributed by atoms with van der Waals surface area (Å²) in [5, 5.41) is 17.9. The maximum absolute atomic E-state index is 14.3. The molecule has 2 aromatic rings. The maximum atomic E-state index is 14.3. The van der Waals surface area contributed by atoms with Gasteiger partial charge in [-0.3, -0.25) is 14.4 Å². The van der Waals surface area contributed by atoms with Crippen LogP contribution in [0.4, 0.5) is 21.0 Å². The van der Waals surface area contributed by atoms with E-state index in [-0.39, 0.29) is 43.2 Å². The molecule has 1 saturated heterocycles. The van der Waals surface area contributed by atoms with Crippen molar-refractivity contribution in [3.63, 3.8) is 0 Å². The zero-order chi connectivity index (χ0) is 33.4. The number of nitrogens with one attached hydrogen (secondary N) is 3. The number of carboxylic acid groups (broad SMARTS) is 1. The van der Waals surface area contributed by atoms with Gasteiger partial charge in [-0.15, -0.1) is 0 Å². The van der Waals surface area contributed by atoms with Gasteiger partial charge in [-0.2, -0.15) is 0 Å². The minimum Gasteiger partial charge on any atom is -0.481 e. The van der Waals surface area contributed by atoms with Crippen molar-refractivity contribution in [2.24, 2.45) is 11.8 Å². The van der Waals surface area contributed by atoms with Crippen molar-refractivity contribution >= 4 is 41.2 Å². The quantitative estimate of drug-likeness (QED) is 0.193. The molecular formula is C35H47N5O6. The standard InChI is InChI=1S/C35H47N5O6/c1-23(2)19-28(21-30(41)42)36-31(43)29(20-24(3)4)40-32(44)35(17-9-6-10-18-35)39(34(40)46)22-25-13-15-27(16-14-25)38-33(45)37-26-11-7-5-8-12-26/h5,7-8,11-16,23-24,28-29H,6,9-10,17-22H2,1-4H3,(H,36,43)(H,41,42)(H2,37,38,45)/t28?,29-/m0/s1. The van der Waals surface area contributed by atoms with Crippen LogP contribution in [-0.2, 0) is 20.9 Å². The third kappa shape index (κ3) is 8.44. The van der Waals surface area contributed by atoms with Gasteiger partial charge in [0.1, 0.15) is 11.6 Å². The van der Waals surface area contributed by atoms with E-state index in [1.807, 2.05) is 58.0 Å².